The summed E-state index contributed by atoms with van der Waals surface area (Å²) in [4.78, 5) is 7.86. The first kappa shape index (κ1) is 9.40. The van der Waals surface area contributed by atoms with E-state index in [2.05, 4.69) is 22.2 Å². The van der Waals surface area contributed by atoms with E-state index >= 15 is 0 Å². The van der Waals surface area contributed by atoms with E-state index in [1.54, 1.807) is 12.3 Å². The first-order chi connectivity index (χ1) is 6.79. The van der Waals surface area contributed by atoms with Crippen LogP contribution in [0.3, 0.4) is 0 Å². The maximum absolute atomic E-state index is 5.60. The summed E-state index contributed by atoms with van der Waals surface area (Å²) in [5.74, 6) is 0.660. The van der Waals surface area contributed by atoms with E-state index in [1.807, 2.05) is 0 Å². The van der Waals surface area contributed by atoms with Crippen LogP contribution in [-0.2, 0) is 0 Å². The summed E-state index contributed by atoms with van der Waals surface area (Å²) in [5.41, 5.74) is 0.255. The summed E-state index contributed by atoms with van der Waals surface area (Å²) in [5, 5.41) is 3.34. The molecule has 76 valence electrons. The Kier molecular flexibility index (Phi) is 2.63. The molecule has 0 aliphatic carbocycles. The Morgan fingerprint density at radius 1 is 1.64 bits per heavy atom. The van der Waals surface area contributed by atoms with Crippen molar-refractivity contribution < 1.29 is 4.74 Å². The third-order valence-corrected chi connectivity index (χ3v) is 2.58. The van der Waals surface area contributed by atoms with Gasteiger partial charge in [-0.3, -0.25) is 0 Å². The molecule has 1 saturated heterocycles. The molecule has 2 heterocycles. The molecule has 0 amide bonds. The lowest BCUT2D eigenvalue weighted by Gasteiger charge is -2.21. The monoisotopic (exact) mass is 193 g/mol. The van der Waals surface area contributed by atoms with Crippen molar-refractivity contribution in [1.29, 1.82) is 0 Å². The van der Waals surface area contributed by atoms with Crippen LogP contribution in [0.15, 0.2) is 18.6 Å². The van der Waals surface area contributed by atoms with Crippen LogP contribution < -0.4 is 10.1 Å². The van der Waals surface area contributed by atoms with Crippen LogP contribution in [-0.4, -0.2) is 29.7 Å². The number of hydrogen-bond donors (Lipinski definition) is 1. The lowest BCUT2D eigenvalue weighted by Crippen LogP contribution is -2.27. The molecule has 2 rings (SSSR count). The van der Waals surface area contributed by atoms with E-state index in [0.29, 0.717) is 5.88 Å². The largest absolute Gasteiger partial charge is 0.477 e. The van der Waals surface area contributed by atoms with E-state index in [4.69, 9.17) is 4.74 Å². The molecular formula is C10H15N3O. The van der Waals surface area contributed by atoms with Crippen LogP contribution in [0.4, 0.5) is 0 Å². The van der Waals surface area contributed by atoms with E-state index in [-0.39, 0.29) is 5.41 Å². The molecule has 1 aliphatic rings. The van der Waals surface area contributed by atoms with Gasteiger partial charge in [-0.05, 0) is 13.0 Å². The van der Waals surface area contributed by atoms with Gasteiger partial charge in [-0.2, -0.15) is 0 Å². The molecule has 14 heavy (non-hydrogen) atoms. The molecule has 1 aromatic rings. The highest BCUT2D eigenvalue weighted by Crippen LogP contribution is 2.24. The van der Waals surface area contributed by atoms with Crippen LogP contribution in [0, 0.1) is 5.41 Å². The van der Waals surface area contributed by atoms with Crippen molar-refractivity contribution in [3.63, 3.8) is 0 Å². The Hall–Kier alpha value is -1.16. The van der Waals surface area contributed by atoms with Crippen LogP contribution in [0.2, 0.25) is 0 Å². The number of hydrogen-bond acceptors (Lipinski definition) is 4. The van der Waals surface area contributed by atoms with Gasteiger partial charge in [0, 0.05) is 24.2 Å². The minimum Gasteiger partial charge on any atom is -0.477 e. The van der Waals surface area contributed by atoms with Gasteiger partial charge in [0.05, 0.1) is 6.61 Å². The second kappa shape index (κ2) is 3.92. The summed E-state index contributed by atoms with van der Waals surface area (Å²) >= 11 is 0. The third-order valence-electron chi connectivity index (χ3n) is 2.58. The molecule has 0 bridgehead atoms. The molecule has 1 atom stereocenters. The summed E-state index contributed by atoms with van der Waals surface area (Å²) in [6, 6.07) is 1.78. The molecule has 0 aromatic carbocycles. The zero-order valence-corrected chi connectivity index (χ0v) is 8.36. The average Bonchev–Trinajstić information content (AvgIpc) is 2.65. The van der Waals surface area contributed by atoms with Gasteiger partial charge in [-0.1, -0.05) is 6.92 Å². The second-order valence-corrected chi connectivity index (χ2v) is 4.07. The molecule has 0 spiro atoms. The molecule has 0 radical (unpaired) electrons. The van der Waals surface area contributed by atoms with Gasteiger partial charge in [0.1, 0.15) is 6.33 Å². The third kappa shape index (κ3) is 2.20. The molecule has 4 nitrogen and oxygen atoms in total. The SMILES string of the molecule is CC1(COc2ccncn2)CCNC1. The van der Waals surface area contributed by atoms with Gasteiger partial charge < -0.3 is 10.1 Å². The number of ether oxygens (including phenoxy) is 1. The first-order valence-electron chi connectivity index (χ1n) is 4.88. The highest BCUT2D eigenvalue weighted by Gasteiger charge is 2.29. The van der Waals surface area contributed by atoms with Crippen molar-refractivity contribution in [2.75, 3.05) is 19.7 Å². The maximum Gasteiger partial charge on any atom is 0.216 e. The van der Waals surface area contributed by atoms with Gasteiger partial charge in [-0.25, -0.2) is 9.97 Å². The van der Waals surface area contributed by atoms with Crippen molar-refractivity contribution in [2.24, 2.45) is 5.41 Å². The summed E-state index contributed by atoms with van der Waals surface area (Å²) in [6.07, 6.45) is 4.36. The van der Waals surface area contributed by atoms with Crippen LogP contribution in [0.25, 0.3) is 0 Å². The van der Waals surface area contributed by atoms with Crippen LogP contribution in [0.1, 0.15) is 13.3 Å². The van der Waals surface area contributed by atoms with Gasteiger partial charge in [0.15, 0.2) is 0 Å². The standard InChI is InChI=1S/C10H15N3O/c1-10(3-5-11-6-10)7-14-9-2-4-12-8-13-9/h2,4,8,11H,3,5-7H2,1H3. The van der Waals surface area contributed by atoms with Gasteiger partial charge in [0.2, 0.25) is 5.88 Å². The molecule has 1 aliphatic heterocycles. The molecular weight excluding hydrogens is 178 g/mol. The van der Waals surface area contributed by atoms with Gasteiger partial charge >= 0.3 is 0 Å². The Balaban J connectivity index is 1.88. The zero-order chi connectivity index (χ0) is 9.86. The normalized spacial score (nSPS) is 26.4. The van der Waals surface area contributed by atoms with Crippen molar-refractivity contribution in [2.45, 2.75) is 13.3 Å². The average molecular weight is 193 g/mol. The Morgan fingerprint density at radius 3 is 3.21 bits per heavy atom. The van der Waals surface area contributed by atoms with Crippen molar-refractivity contribution in [3.8, 4) is 5.88 Å². The van der Waals surface area contributed by atoms with Gasteiger partial charge in [-0.15, -0.1) is 0 Å². The number of aromatic nitrogens is 2. The maximum atomic E-state index is 5.60. The van der Waals surface area contributed by atoms with E-state index in [9.17, 15) is 0 Å². The first-order valence-corrected chi connectivity index (χ1v) is 4.88. The number of rotatable bonds is 3. The quantitative estimate of drug-likeness (QED) is 0.773. The second-order valence-electron chi connectivity index (χ2n) is 4.07. The Morgan fingerprint density at radius 2 is 2.57 bits per heavy atom. The van der Waals surface area contributed by atoms with Crippen LogP contribution >= 0.6 is 0 Å². The Bertz CT molecular complexity index is 283. The van der Waals surface area contributed by atoms with Crippen molar-refractivity contribution >= 4 is 0 Å². The molecule has 1 unspecified atom stereocenters. The molecule has 1 N–H and O–H groups in total. The van der Waals surface area contributed by atoms with Crippen LogP contribution in [0.5, 0.6) is 5.88 Å². The fourth-order valence-electron chi connectivity index (χ4n) is 1.60. The number of nitrogens with zero attached hydrogens (tertiary/aromatic N) is 2. The van der Waals surface area contributed by atoms with E-state index in [0.717, 1.165) is 26.1 Å². The molecule has 1 fully saturated rings. The predicted molar refractivity (Wildman–Crippen MR) is 53.1 cm³/mol. The fourth-order valence-corrected chi connectivity index (χ4v) is 1.60. The lowest BCUT2D eigenvalue weighted by atomic mass is 9.91. The topological polar surface area (TPSA) is 47.0 Å². The highest BCUT2D eigenvalue weighted by molar-refractivity contribution is 5.04. The predicted octanol–water partition coefficient (Wildman–Crippen LogP) is 0.855. The fraction of sp³-hybridized carbons (Fsp3) is 0.600. The van der Waals surface area contributed by atoms with E-state index in [1.165, 1.54) is 6.33 Å². The minimum absolute atomic E-state index is 0.255. The van der Waals surface area contributed by atoms with Crippen molar-refractivity contribution in [3.05, 3.63) is 18.6 Å². The van der Waals surface area contributed by atoms with Gasteiger partial charge in [0.25, 0.3) is 0 Å². The van der Waals surface area contributed by atoms with Crippen molar-refractivity contribution in [1.82, 2.24) is 15.3 Å². The summed E-state index contributed by atoms with van der Waals surface area (Å²) in [6.45, 7) is 5.06. The smallest absolute Gasteiger partial charge is 0.216 e. The number of nitrogens with one attached hydrogen (secondary N) is 1. The molecule has 4 heteroatoms. The van der Waals surface area contributed by atoms with E-state index < -0.39 is 0 Å². The molecule has 1 aromatic heterocycles. The summed E-state index contributed by atoms with van der Waals surface area (Å²) < 4.78 is 5.60. The zero-order valence-electron chi connectivity index (χ0n) is 8.36. The Labute approximate surface area is 83.7 Å². The highest BCUT2D eigenvalue weighted by atomic mass is 16.5. The minimum atomic E-state index is 0.255. The summed E-state index contributed by atoms with van der Waals surface area (Å²) in [7, 11) is 0. The molecule has 0 saturated carbocycles. The lowest BCUT2D eigenvalue weighted by molar-refractivity contribution is 0.175.